The maximum atomic E-state index is 11.1. The highest BCUT2D eigenvalue weighted by Gasteiger charge is 2.39. The molecule has 0 radical (unpaired) electrons. The van der Waals surface area contributed by atoms with E-state index >= 15 is 0 Å². The number of esters is 2. The molecule has 76 valence electrons. The van der Waals surface area contributed by atoms with Crippen molar-refractivity contribution < 1.29 is 14.3 Å². The molecule has 13 heavy (non-hydrogen) atoms. The maximum absolute atomic E-state index is 11.1. The Bertz CT molecular complexity index is 207. The van der Waals surface area contributed by atoms with Gasteiger partial charge in [0.1, 0.15) is 0 Å². The quantitative estimate of drug-likeness (QED) is 0.206. The Morgan fingerprint density at radius 1 is 1.00 bits per heavy atom. The molecule has 0 aromatic heterocycles. The molecule has 0 saturated carbocycles. The van der Waals surface area contributed by atoms with Crippen LogP contribution in [0.25, 0.3) is 0 Å². The molecule has 9 heteroatoms. The second-order valence-electron chi connectivity index (χ2n) is 1.67. The van der Waals surface area contributed by atoms with Crippen molar-refractivity contribution in [1.82, 2.24) is 0 Å². The van der Waals surface area contributed by atoms with E-state index in [0.717, 1.165) is 0 Å². The van der Waals surface area contributed by atoms with Gasteiger partial charge < -0.3 is 4.74 Å². The Morgan fingerprint density at radius 2 is 1.38 bits per heavy atom. The number of carbonyl (C=O) groups excluding carboxylic acids is 2. The van der Waals surface area contributed by atoms with Crippen molar-refractivity contribution >= 4 is 115 Å². The van der Waals surface area contributed by atoms with Gasteiger partial charge in [-0.15, -0.1) is 0 Å². The highest BCUT2D eigenvalue weighted by atomic mass is 127. The zero-order chi connectivity index (χ0) is 10.9. The second-order valence-corrected chi connectivity index (χ2v) is 15.0. The third-order valence-corrected chi connectivity index (χ3v) is 2.43. The van der Waals surface area contributed by atoms with E-state index in [4.69, 9.17) is 34.8 Å². The predicted octanol–water partition coefficient (Wildman–Crippen LogP) is 3.39. The molecule has 0 bridgehead atoms. The van der Waals surface area contributed by atoms with Gasteiger partial charge in [0.2, 0.25) is -0.565 Å². The lowest BCUT2D eigenvalue weighted by molar-refractivity contribution is -0.157. The molecule has 3 nitrogen and oxygen atoms in total. The molecule has 0 aromatic rings. The first-order valence-corrected chi connectivity index (χ1v) is 6.82. The number of rotatable bonds is 1. The number of carbonyl (C=O) groups is 2. The Balaban J connectivity index is 4.34. The summed E-state index contributed by atoms with van der Waals surface area (Å²) >= 11 is 20.9. The summed E-state index contributed by atoms with van der Waals surface area (Å²) in [5.41, 5.74) is 0. The monoisotopic (exact) mass is 582 g/mol. The number of alkyl halides is 6. The van der Waals surface area contributed by atoms with Crippen LogP contribution in [0.2, 0.25) is 0 Å². The van der Waals surface area contributed by atoms with Crippen LogP contribution in [0.4, 0.5) is 0 Å². The summed E-state index contributed by atoms with van der Waals surface area (Å²) in [6.45, 7) is 0. The molecule has 0 aromatic carbocycles. The Morgan fingerprint density at radius 3 is 1.62 bits per heavy atom. The molecule has 0 fully saturated rings. The van der Waals surface area contributed by atoms with E-state index in [2.05, 4.69) is 4.74 Å². The van der Waals surface area contributed by atoms with Crippen LogP contribution in [0.5, 0.6) is 0 Å². The van der Waals surface area contributed by atoms with Gasteiger partial charge in [0.05, 0.1) is 0 Å². The Labute approximate surface area is 130 Å². The summed E-state index contributed by atoms with van der Waals surface area (Å²) in [4.78, 5) is 22.0. The van der Waals surface area contributed by atoms with Crippen molar-refractivity contribution in [2.24, 2.45) is 0 Å². The van der Waals surface area contributed by atoms with Crippen molar-refractivity contribution in [3.05, 3.63) is 0 Å². The van der Waals surface area contributed by atoms with Gasteiger partial charge in [0.25, 0.3) is 3.79 Å². The number of ether oxygens (including phenoxy) is 1. The van der Waals surface area contributed by atoms with Crippen molar-refractivity contribution in [3.8, 4) is 0 Å². The number of hydrogen-bond acceptors (Lipinski definition) is 3. The molecule has 0 aliphatic heterocycles. The maximum Gasteiger partial charge on any atom is 0.366 e. The van der Waals surface area contributed by atoms with E-state index in [1.807, 2.05) is 0 Å². The molecule has 0 spiro atoms. The molecular formula is C4Cl3I3O3. The molecule has 0 heterocycles. The summed E-state index contributed by atoms with van der Waals surface area (Å²) in [6.07, 6.45) is 0. The topological polar surface area (TPSA) is 43.4 Å². The zero-order valence-electron chi connectivity index (χ0n) is 5.49. The van der Waals surface area contributed by atoms with Crippen molar-refractivity contribution in [3.63, 3.8) is 0 Å². The normalized spacial score (nSPS) is 12.5. The standard InChI is InChI=1S/C4Cl3I3O3/c5-3(6,7)1(11)13-2(12)4(8,9)10. The molecular weight excluding hydrogens is 583 g/mol. The fourth-order valence-corrected chi connectivity index (χ4v) is 0.646. The molecule has 0 amide bonds. The SMILES string of the molecule is O=C(OC(=O)C(I)(I)I)C(Cl)(Cl)Cl. The molecule has 0 aliphatic rings. The van der Waals surface area contributed by atoms with Gasteiger partial charge in [0.15, 0.2) is 0 Å². The summed E-state index contributed by atoms with van der Waals surface area (Å²) in [7, 11) is 0. The molecule has 0 N–H and O–H groups in total. The van der Waals surface area contributed by atoms with Crippen LogP contribution in [0, 0.1) is 0 Å². The fourth-order valence-electron chi connectivity index (χ4n) is 0.200. The minimum atomic E-state index is -2.22. The average molecular weight is 583 g/mol. The van der Waals surface area contributed by atoms with Crippen LogP contribution in [-0.4, -0.2) is 15.2 Å². The smallest absolute Gasteiger partial charge is 0.366 e. The number of hydrogen-bond donors (Lipinski definition) is 0. The first-order valence-electron chi connectivity index (χ1n) is 2.45. The van der Waals surface area contributed by atoms with E-state index < -0.39 is 15.2 Å². The third-order valence-electron chi connectivity index (χ3n) is 0.648. The molecule has 0 aliphatic carbocycles. The predicted molar refractivity (Wildman–Crippen MR) is 76.2 cm³/mol. The van der Waals surface area contributed by atoms with Gasteiger partial charge in [0, 0.05) is 0 Å². The van der Waals surface area contributed by atoms with Crippen LogP contribution in [-0.2, 0) is 14.3 Å². The van der Waals surface area contributed by atoms with Crippen LogP contribution in [0.15, 0.2) is 0 Å². The van der Waals surface area contributed by atoms with Gasteiger partial charge in [-0.25, -0.2) is 9.59 Å². The molecule has 0 unspecified atom stereocenters. The average Bonchev–Trinajstić information content (AvgIpc) is 1.82. The second kappa shape index (κ2) is 5.51. The lowest BCUT2D eigenvalue weighted by Crippen LogP contribution is -2.30. The summed E-state index contributed by atoms with van der Waals surface area (Å²) in [6, 6.07) is 0. The van der Waals surface area contributed by atoms with E-state index in [1.54, 1.807) is 67.8 Å². The van der Waals surface area contributed by atoms with E-state index in [9.17, 15) is 9.59 Å². The number of halogens is 6. The van der Waals surface area contributed by atoms with Gasteiger partial charge in [-0.3, -0.25) is 0 Å². The van der Waals surface area contributed by atoms with Gasteiger partial charge >= 0.3 is 11.9 Å². The van der Waals surface area contributed by atoms with Crippen LogP contribution >= 0.6 is 103 Å². The lowest BCUT2D eigenvalue weighted by atomic mass is 10.7. The van der Waals surface area contributed by atoms with Gasteiger partial charge in [-0.2, -0.15) is 0 Å². The Hall–Kier alpha value is 2.20. The van der Waals surface area contributed by atoms with E-state index in [0.29, 0.717) is 0 Å². The summed E-state index contributed by atoms with van der Waals surface area (Å²) < 4.78 is 1.18. The minimum absolute atomic E-state index is 0.773. The zero-order valence-corrected chi connectivity index (χ0v) is 14.2. The minimum Gasteiger partial charge on any atom is -0.388 e. The lowest BCUT2D eigenvalue weighted by Gasteiger charge is -2.13. The van der Waals surface area contributed by atoms with Crippen molar-refractivity contribution in [2.45, 2.75) is 3.23 Å². The summed E-state index contributed by atoms with van der Waals surface area (Å²) in [5, 5.41) is 0. The van der Waals surface area contributed by atoms with E-state index in [-0.39, 0.29) is 0 Å². The van der Waals surface area contributed by atoms with Crippen molar-refractivity contribution in [1.29, 1.82) is 0 Å². The molecule has 0 atom stereocenters. The largest absolute Gasteiger partial charge is 0.388 e. The first-order chi connectivity index (χ1) is 5.55. The fraction of sp³-hybridized carbons (Fsp3) is 0.500. The van der Waals surface area contributed by atoms with Crippen LogP contribution < -0.4 is 0 Å². The third kappa shape index (κ3) is 6.38. The summed E-state index contributed by atoms with van der Waals surface area (Å²) in [5.74, 6) is -1.97. The van der Waals surface area contributed by atoms with Crippen LogP contribution in [0.3, 0.4) is 0 Å². The van der Waals surface area contributed by atoms with E-state index in [1.165, 1.54) is 0 Å². The highest BCUT2D eigenvalue weighted by Crippen LogP contribution is 2.37. The Kier molecular flexibility index (Phi) is 6.44. The van der Waals surface area contributed by atoms with Crippen molar-refractivity contribution in [2.75, 3.05) is 0 Å². The molecule has 0 saturated heterocycles. The van der Waals surface area contributed by atoms with Gasteiger partial charge in [-0.05, 0) is 67.8 Å². The van der Waals surface area contributed by atoms with Gasteiger partial charge in [-0.1, -0.05) is 34.8 Å². The highest BCUT2D eigenvalue weighted by molar-refractivity contribution is 14.3. The first kappa shape index (κ1) is 15.2. The van der Waals surface area contributed by atoms with Crippen LogP contribution in [0.1, 0.15) is 0 Å². The molecule has 0 rings (SSSR count).